The zero-order valence-corrected chi connectivity index (χ0v) is 11.7. The first-order valence-corrected chi connectivity index (χ1v) is 6.26. The van der Waals surface area contributed by atoms with Crippen molar-refractivity contribution in [2.75, 3.05) is 0 Å². The maximum atomic E-state index is 11.8. The van der Waals surface area contributed by atoms with E-state index in [1.54, 1.807) is 12.1 Å². The third kappa shape index (κ3) is 4.55. The number of carboxylic acid groups (broad SMARTS) is 1. The Morgan fingerprint density at radius 2 is 1.75 bits per heavy atom. The van der Waals surface area contributed by atoms with E-state index < -0.39 is 30.1 Å². The van der Waals surface area contributed by atoms with Gasteiger partial charge in [-0.2, -0.15) is 0 Å². The third-order valence-corrected chi connectivity index (χ3v) is 2.75. The van der Waals surface area contributed by atoms with Crippen LogP contribution in [-0.2, 0) is 9.59 Å². The quantitative estimate of drug-likeness (QED) is 0.714. The Bertz CT molecular complexity index is 469. The summed E-state index contributed by atoms with van der Waals surface area (Å²) in [6.45, 7) is 4.74. The largest absolute Gasteiger partial charge is 0.481 e. The lowest BCUT2D eigenvalue weighted by atomic mass is 10.2. The van der Waals surface area contributed by atoms with Gasteiger partial charge in [0.15, 0.2) is 12.1 Å². The molecule has 0 bridgehead atoms. The number of carboxylic acids is 1. The molecule has 6 nitrogen and oxygen atoms in total. The van der Waals surface area contributed by atoms with Crippen molar-refractivity contribution >= 4 is 11.9 Å². The van der Waals surface area contributed by atoms with Crippen molar-refractivity contribution < 1.29 is 24.5 Å². The second-order valence-electron chi connectivity index (χ2n) is 4.64. The molecule has 1 amide bonds. The number of benzene rings is 1. The Balaban J connectivity index is 2.62. The molecule has 0 aliphatic heterocycles. The summed E-state index contributed by atoms with van der Waals surface area (Å²) in [5.74, 6) is -1.38. The highest BCUT2D eigenvalue weighted by molar-refractivity contribution is 5.86. The van der Waals surface area contributed by atoms with E-state index >= 15 is 0 Å². The minimum absolute atomic E-state index is 0.516. The fraction of sp³-hybridized carbons (Fsp3) is 0.429. The van der Waals surface area contributed by atoms with Crippen LogP contribution < -0.4 is 10.1 Å². The Labute approximate surface area is 117 Å². The molecule has 0 aliphatic rings. The van der Waals surface area contributed by atoms with Crippen molar-refractivity contribution in [3.05, 3.63) is 29.8 Å². The molecule has 0 saturated heterocycles. The van der Waals surface area contributed by atoms with Crippen LogP contribution in [0.15, 0.2) is 24.3 Å². The fourth-order valence-corrected chi connectivity index (χ4v) is 1.53. The van der Waals surface area contributed by atoms with Crippen LogP contribution in [0, 0.1) is 6.92 Å². The number of aliphatic hydroxyl groups excluding tert-OH is 1. The highest BCUT2D eigenvalue weighted by Gasteiger charge is 2.27. The average Bonchev–Trinajstić information content (AvgIpc) is 2.37. The van der Waals surface area contributed by atoms with Crippen molar-refractivity contribution in [3.8, 4) is 5.75 Å². The van der Waals surface area contributed by atoms with Gasteiger partial charge in [0.05, 0.1) is 6.10 Å². The van der Waals surface area contributed by atoms with Crippen LogP contribution in [0.1, 0.15) is 19.4 Å². The van der Waals surface area contributed by atoms with Crippen LogP contribution in [0.3, 0.4) is 0 Å². The molecule has 0 heterocycles. The molecule has 0 saturated carbocycles. The third-order valence-electron chi connectivity index (χ3n) is 2.75. The second-order valence-corrected chi connectivity index (χ2v) is 4.64. The van der Waals surface area contributed by atoms with E-state index in [-0.39, 0.29) is 0 Å². The Morgan fingerprint density at radius 3 is 2.20 bits per heavy atom. The molecule has 20 heavy (non-hydrogen) atoms. The van der Waals surface area contributed by atoms with Crippen LogP contribution in [0.4, 0.5) is 0 Å². The lowest BCUT2D eigenvalue weighted by molar-refractivity contribution is -0.145. The number of carbonyl (C=O) groups is 2. The van der Waals surface area contributed by atoms with Crippen molar-refractivity contribution in [3.63, 3.8) is 0 Å². The summed E-state index contributed by atoms with van der Waals surface area (Å²) in [6.07, 6.45) is -2.05. The summed E-state index contributed by atoms with van der Waals surface area (Å²) in [6, 6.07) is 5.78. The van der Waals surface area contributed by atoms with Crippen LogP contribution in [0.25, 0.3) is 0 Å². The first-order chi connectivity index (χ1) is 9.31. The second kappa shape index (κ2) is 6.91. The van der Waals surface area contributed by atoms with E-state index in [1.807, 2.05) is 19.1 Å². The normalized spacial score (nSPS) is 15.0. The van der Waals surface area contributed by atoms with Crippen molar-refractivity contribution in [2.24, 2.45) is 0 Å². The number of aliphatic hydroxyl groups is 1. The number of aryl methyl sites for hydroxylation is 1. The maximum Gasteiger partial charge on any atom is 0.328 e. The van der Waals surface area contributed by atoms with E-state index in [9.17, 15) is 14.7 Å². The van der Waals surface area contributed by atoms with Gasteiger partial charge in [0.1, 0.15) is 5.75 Å². The van der Waals surface area contributed by atoms with Gasteiger partial charge in [-0.05, 0) is 32.9 Å². The molecule has 1 aromatic rings. The molecule has 6 heteroatoms. The summed E-state index contributed by atoms with van der Waals surface area (Å²) < 4.78 is 5.40. The number of carbonyl (C=O) groups excluding carboxylic acids is 1. The van der Waals surface area contributed by atoms with Gasteiger partial charge < -0.3 is 20.3 Å². The van der Waals surface area contributed by atoms with Gasteiger partial charge in [-0.15, -0.1) is 0 Å². The van der Waals surface area contributed by atoms with Crippen LogP contribution in [-0.4, -0.2) is 40.3 Å². The molecule has 1 rings (SSSR count). The Hall–Kier alpha value is -2.08. The first kappa shape index (κ1) is 16.0. The molecular formula is C14H19NO5. The number of rotatable bonds is 6. The molecule has 3 atom stereocenters. The van der Waals surface area contributed by atoms with E-state index in [4.69, 9.17) is 9.84 Å². The average molecular weight is 281 g/mol. The molecule has 0 aromatic heterocycles. The van der Waals surface area contributed by atoms with Crippen molar-refractivity contribution in [2.45, 2.75) is 39.0 Å². The van der Waals surface area contributed by atoms with E-state index in [1.165, 1.54) is 13.8 Å². The fourth-order valence-electron chi connectivity index (χ4n) is 1.53. The minimum Gasteiger partial charge on any atom is -0.481 e. The van der Waals surface area contributed by atoms with Crippen LogP contribution >= 0.6 is 0 Å². The molecule has 0 radical (unpaired) electrons. The van der Waals surface area contributed by atoms with Gasteiger partial charge in [-0.25, -0.2) is 4.79 Å². The summed E-state index contributed by atoms with van der Waals surface area (Å²) in [4.78, 5) is 22.7. The molecule has 1 aromatic carbocycles. The first-order valence-electron chi connectivity index (χ1n) is 6.26. The zero-order valence-electron chi connectivity index (χ0n) is 11.7. The Kier molecular flexibility index (Phi) is 5.52. The van der Waals surface area contributed by atoms with Gasteiger partial charge in [0.25, 0.3) is 5.91 Å². The zero-order chi connectivity index (χ0) is 15.3. The van der Waals surface area contributed by atoms with Crippen LogP contribution in [0.2, 0.25) is 0 Å². The lowest BCUT2D eigenvalue weighted by Gasteiger charge is -2.20. The summed E-state index contributed by atoms with van der Waals surface area (Å²) in [5.41, 5.74) is 1.06. The molecule has 0 aliphatic carbocycles. The van der Waals surface area contributed by atoms with E-state index in [2.05, 4.69) is 5.32 Å². The summed E-state index contributed by atoms with van der Waals surface area (Å²) in [7, 11) is 0. The standard InChI is InChI=1S/C14H19NO5/c1-8-4-6-11(7-5-8)20-10(3)13(17)15-12(9(2)16)14(18)19/h4-7,9-10,12,16H,1-3H3,(H,15,17)(H,18,19). The number of hydrogen-bond acceptors (Lipinski definition) is 4. The van der Waals surface area contributed by atoms with Crippen LogP contribution in [0.5, 0.6) is 5.75 Å². The van der Waals surface area contributed by atoms with Gasteiger partial charge in [0, 0.05) is 0 Å². The number of nitrogens with one attached hydrogen (secondary N) is 1. The topological polar surface area (TPSA) is 95.9 Å². The monoisotopic (exact) mass is 281 g/mol. The lowest BCUT2D eigenvalue weighted by Crippen LogP contribution is -2.51. The Morgan fingerprint density at radius 1 is 1.20 bits per heavy atom. The molecule has 3 unspecified atom stereocenters. The van der Waals surface area contributed by atoms with Gasteiger partial charge in [0.2, 0.25) is 0 Å². The van der Waals surface area contributed by atoms with Gasteiger partial charge >= 0.3 is 5.97 Å². The maximum absolute atomic E-state index is 11.8. The minimum atomic E-state index is -1.36. The van der Waals surface area contributed by atoms with E-state index in [0.717, 1.165) is 5.56 Å². The molecule has 0 fully saturated rings. The smallest absolute Gasteiger partial charge is 0.328 e. The highest BCUT2D eigenvalue weighted by atomic mass is 16.5. The number of aliphatic carboxylic acids is 1. The molecular weight excluding hydrogens is 262 g/mol. The van der Waals surface area contributed by atoms with Crippen molar-refractivity contribution in [1.82, 2.24) is 5.32 Å². The summed E-state index contributed by atoms with van der Waals surface area (Å²) in [5, 5.41) is 20.4. The predicted octanol–water partition coefficient (Wildman–Crippen LogP) is 0.713. The van der Waals surface area contributed by atoms with Crippen molar-refractivity contribution in [1.29, 1.82) is 0 Å². The number of ether oxygens (including phenoxy) is 1. The predicted molar refractivity (Wildman–Crippen MR) is 72.5 cm³/mol. The number of amides is 1. The summed E-state index contributed by atoms with van der Waals surface area (Å²) >= 11 is 0. The van der Waals surface area contributed by atoms with Gasteiger partial charge in [-0.3, -0.25) is 4.79 Å². The SMILES string of the molecule is Cc1ccc(OC(C)C(=O)NC(C(=O)O)C(C)O)cc1. The number of hydrogen-bond donors (Lipinski definition) is 3. The van der Waals surface area contributed by atoms with E-state index in [0.29, 0.717) is 5.75 Å². The molecule has 0 spiro atoms. The van der Waals surface area contributed by atoms with Gasteiger partial charge in [-0.1, -0.05) is 17.7 Å². The highest BCUT2D eigenvalue weighted by Crippen LogP contribution is 2.13. The molecule has 110 valence electrons. The molecule has 3 N–H and O–H groups in total.